The number of aryl methyl sites for hydroxylation is 1. The number of carbonyl (C=O) groups is 1. The fourth-order valence-corrected chi connectivity index (χ4v) is 4.27. The van der Waals surface area contributed by atoms with Gasteiger partial charge in [-0.05, 0) is 36.2 Å². The van der Waals surface area contributed by atoms with Gasteiger partial charge in [0.15, 0.2) is 5.82 Å². The highest BCUT2D eigenvalue weighted by Gasteiger charge is 2.38. The number of amides is 1. The zero-order valence-electron chi connectivity index (χ0n) is 15.6. The molecule has 2 atom stereocenters. The Labute approximate surface area is 170 Å². The van der Waals surface area contributed by atoms with Crippen molar-refractivity contribution in [3.8, 4) is 0 Å². The summed E-state index contributed by atoms with van der Waals surface area (Å²) in [7, 11) is 0. The van der Waals surface area contributed by atoms with Crippen molar-refractivity contribution in [2.45, 2.75) is 36.2 Å². The van der Waals surface area contributed by atoms with Gasteiger partial charge in [-0.15, -0.1) is 10.2 Å². The minimum Gasteiger partial charge on any atom is -0.323 e. The summed E-state index contributed by atoms with van der Waals surface area (Å²) in [4.78, 5) is 13.0. The normalized spacial score (nSPS) is 18.0. The zero-order valence-corrected chi connectivity index (χ0v) is 16.4. The van der Waals surface area contributed by atoms with E-state index < -0.39 is 17.1 Å². The molecule has 0 spiro atoms. The van der Waals surface area contributed by atoms with Crippen LogP contribution in [0, 0.1) is 11.6 Å². The van der Waals surface area contributed by atoms with E-state index in [1.165, 1.54) is 36.0 Å². The number of rotatable bonds is 5. The van der Waals surface area contributed by atoms with Crippen LogP contribution < -0.4 is 10.7 Å². The van der Waals surface area contributed by atoms with Gasteiger partial charge in [0.25, 0.3) is 0 Å². The van der Waals surface area contributed by atoms with Crippen molar-refractivity contribution < 1.29 is 13.6 Å². The Bertz CT molecular complexity index is 1020. The first-order valence-corrected chi connectivity index (χ1v) is 10.1. The van der Waals surface area contributed by atoms with Crippen LogP contribution >= 0.6 is 11.8 Å². The number of para-hydroxylation sites is 1. The van der Waals surface area contributed by atoms with Gasteiger partial charge in [-0.1, -0.05) is 43.0 Å². The van der Waals surface area contributed by atoms with Crippen LogP contribution in [-0.4, -0.2) is 26.0 Å². The molecule has 6 nitrogen and oxygen atoms in total. The monoisotopic (exact) mass is 415 g/mol. The molecule has 9 heteroatoms. The second-order valence-corrected chi connectivity index (χ2v) is 7.76. The van der Waals surface area contributed by atoms with Gasteiger partial charge in [0.05, 0.1) is 11.7 Å². The third kappa shape index (κ3) is 3.95. The maximum atomic E-state index is 14.0. The number of benzene rings is 2. The summed E-state index contributed by atoms with van der Waals surface area (Å²) >= 11 is 1.24. The zero-order chi connectivity index (χ0) is 20.4. The van der Waals surface area contributed by atoms with E-state index in [9.17, 15) is 13.6 Å². The van der Waals surface area contributed by atoms with Crippen LogP contribution in [0.25, 0.3) is 0 Å². The van der Waals surface area contributed by atoms with Crippen molar-refractivity contribution in [2.24, 2.45) is 0 Å². The van der Waals surface area contributed by atoms with E-state index in [1.54, 1.807) is 28.9 Å². The van der Waals surface area contributed by atoms with Gasteiger partial charge in [0, 0.05) is 6.42 Å². The molecule has 1 aliphatic heterocycles. The standard InChI is InChI=1S/C20H19F2N5OS/c1-2-5-16-24-25-20-27(16)26-17(12-8-10-13(21)11-9-12)18(29-20)19(28)23-15-7-4-3-6-14(15)22/h3-4,6-11,17-18,26H,2,5H2,1H3,(H,23,28)/t17-,18-/m1/s1. The molecule has 3 aromatic rings. The Balaban J connectivity index is 1.67. The average molecular weight is 415 g/mol. The van der Waals surface area contributed by atoms with Crippen LogP contribution in [0.4, 0.5) is 14.5 Å². The van der Waals surface area contributed by atoms with Crippen molar-refractivity contribution in [1.29, 1.82) is 0 Å². The third-order valence-electron chi connectivity index (χ3n) is 4.60. The van der Waals surface area contributed by atoms with Crippen molar-refractivity contribution in [1.82, 2.24) is 14.9 Å². The number of thioether (sulfide) groups is 1. The largest absolute Gasteiger partial charge is 0.323 e. The highest BCUT2D eigenvalue weighted by molar-refractivity contribution is 8.00. The van der Waals surface area contributed by atoms with E-state index in [0.29, 0.717) is 5.16 Å². The van der Waals surface area contributed by atoms with Crippen LogP contribution in [0.15, 0.2) is 53.7 Å². The lowest BCUT2D eigenvalue weighted by Gasteiger charge is -2.33. The summed E-state index contributed by atoms with van der Waals surface area (Å²) in [5.41, 5.74) is 4.13. The average Bonchev–Trinajstić information content (AvgIpc) is 3.11. The lowest BCUT2D eigenvalue weighted by atomic mass is 10.0. The topological polar surface area (TPSA) is 71.8 Å². The van der Waals surface area contributed by atoms with Crippen LogP contribution in [0.1, 0.15) is 30.8 Å². The van der Waals surface area contributed by atoms with Crippen LogP contribution in [0.3, 0.4) is 0 Å². The number of anilines is 1. The number of aromatic nitrogens is 3. The van der Waals surface area contributed by atoms with Gasteiger partial charge in [-0.25, -0.2) is 13.5 Å². The van der Waals surface area contributed by atoms with E-state index in [-0.39, 0.29) is 17.4 Å². The molecule has 0 saturated carbocycles. The molecule has 0 aliphatic carbocycles. The molecular formula is C20H19F2N5OS. The van der Waals surface area contributed by atoms with E-state index in [2.05, 4.69) is 20.9 Å². The minimum atomic E-state index is -0.661. The summed E-state index contributed by atoms with van der Waals surface area (Å²) in [6.45, 7) is 2.04. The summed E-state index contributed by atoms with van der Waals surface area (Å²) in [6, 6.07) is 11.5. The van der Waals surface area contributed by atoms with Gasteiger partial charge < -0.3 is 10.7 Å². The first-order chi connectivity index (χ1) is 14.1. The first-order valence-electron chi connectivity index (χ1n) is 9.25. The number of hydrogen-bond donors (Lipinski definition) is 2. The summed E-state index contributed by atoms with van der Waals surface area (Å²) < 4.78 is 29.2. The number of halogens is 2. The molecule has 0 saturated heterocycles. The Hall–Kier alpha value is -2.94. The van der Waals surface area contributed by atoms with Gasteiger partial charge in [-0.2, -0.15) is 0 Å². The molecule has 0 fully saturated rings. The first kappa shape index (κ1) is 19.4. The third-order valence-corrected chi connectivity index (χ3v) is 5.81. The van der Waals surface area contributed by atoms with Crippen molar-refractivity contribution in [3.63, 3.8) is 0 Å². The molecule has 1 aliphatic rings. The summed E-state index contributed by atoms with van der Waals surface area (Å²) in [6.07, 6.45) is 1.62. The van der Waals surface area contributed by atoms with Crippen molar-refractivity contribution in [2.75, 3.05) is 10.7 Å². The lowest BCUT2D eigenvalue weighted by Crippen LogP contribution is -2.41. The molecular weight excluding hydrogens is 396 g/mol. The molecule has 0 unspecified atom stereocenters. The van der Waals surface area contributed by atoms with E-state index in [0.717, 1.165) is 24.2 Å². The van der Waals surface area contributed by atoms with E-state index in [4.69, 9.17) is 0 Å². The summed E-state index contributed by atoms with van der Waals surface area (Å²) in [5.74, 6) is -0.495. The predicted octanol–water partition coefficient (Wildman–Crippen LogP) is 3.91. The Morgan fingerprint density at radius 2 is 1.93 bits per heavy atom. The molecule has 2 N–H and O–H groups in total. The second-order valence-electron chi connectivity index (χ2n) is 6.65. The van der Waals surface area contributed by atoms with Crippen LogP contribution in [0.5, 0.6) is 0 Å². The SMILES string of the molecule is CCCc1nnc2n1N[C@H](c1ccc(F)cc1)[C@H](C(=O)Nc1ccccc1F)S2. The highest BCUT2D eigenvalue weighted by atomic mass is 32.2. The molecule has 1 amide bonds. The maximum absolute atomic E-state index is 14.0. The molecule has 1 aromatic heterocycles. The number of nitrogens with one attached hydrogen (secondary N) is 2. The van der Waals surface area contributed by atoms with E-state index in [1.807, 2.05) is 6.92 Å². The van der Waals surface area contributed by atoms with Crippen LogP contribution in [-0.2, 0) is 11.2 Å². The predicted molar refractivity (Wildman–Crippen MR) is 107 cm³/mol. The summed E-state index contributed by atoms with van der Waals surface area (Å²) in [5, 5.41) is 10.9. The highest BCUT2D eigenvalue weighted by Crippen LogP contribution is 2.37. The van der Waals surface area contributed by atoms with Crippen molar-refractivity contribution >= 4 is 23.4 Å². The Kier molecular flexibility index (Phi) is 5.48. The fourth-order valence-electron chi connectivity index (χ4n) is 3.17. The van der Waals surface area contributed by atoms with Gasteiger partial charge in [-0.3, -0.25) is 4.79 Å². The quantitative estimate of drug-likeness (QED) is 0.661. The molecule has 29 heavy (non-hydrogen) atoms. The maximum Gasteiger partial charge on any atom is 0.240 e. The molecule has 4 rings (SSSR count). The van der Waals surface area contributed by atoms with E-state index >= 15 is 0 Å². The number of nitrogens with zero attached hydrogens (tertiary/aromatic N) is 3. The number of carbonyl (C=O) groups excluding carboxylic acids is 1. The van der Waals surface area contributed by atoms with Gasteiger partial charge >= 0.3 is 0 Å². The number of fused-ring (bicyclic) bond motifs is 1. The molecule has 0 radical (unpaired) electrons. The lowest BCUT2D eigenvalue weighted by molar-refractivity contribution is -0.116. The Morgan fingerprint density at radius 3 is 2.66 bits per heavy atom. The molecule has 150 valence electrons. The second kappa shape index (κ2) is 8.20. The molecule has 2 aromatic carbocycles. The molecule has 0 bridgehead atoms. The van der Waals surface area contributed by atoms with Crippen LogP contribution in [0.2, 0.25) is 0 Å². The Morgan fingerprint density at radius 1 is 1.17 bits per heavy atom. The van der Waals surface area contributed by atoms with Gasteiger partial charge in [0.1, 0.15) is 16.9 Å². The fraction of sp³-hybridized carbons (Fsp3) is 0.250. The number of hydrogen-bond acceptors (Lipinski definition) is 5. The molecule has 2 heterocycles. The smallest absolute Gasteiger partial charge is 0.240 e. The minimum absolute atomic E-state index is 0.106. The van der Waals surface area contributed by atoms with Crippen molar-refractivity contribution in [3.05, 3.63) is 71.6 Å². The van der Waals surface area contributed by atoms with Gasteiger partial charge in [0.2, 0.25) is 11.1 Å².